The Morgan fingerprint density at radius 1 is 0.282 bits per heavy atom. The van der Waals surface area contributed by atoms with Gasteiger partial charge >= 0.3 is 23.9 Å². The van der Waals surface area contributed by atoms with E-state index in [-0.39, 0.29) is 19.2 Å². The minimum Gasteiger partial charge on any atom is -0.481 e. The Morgan fingerprint density at radius 3 is 0.635 bits per heavy atom. The lowest BCUT2D eigenvalue weighted by Crippen LogP contribution is -2.21. The Hall–Kier alpha value is -2.20. The molecule has 0 aliphatic carbocycles. The Kier molecular flexibility index (Phi) is 81.8. The molecule has 0 amide bonds. The standard InChI is InChI=1S/C21H42O4.3C18H36O2/c1-2-3-4-5-6-7-8-9-10-11-12-13-14-15-16-17-21(24)25-19-20(23)18-22;3*1-17(2)15-13-11-9-7-5-3-4-6-8-10-12-14-16-18(19)20/h20,22-23H,2-19H2,1H3;3*17H,3-16H2,1-2H3,(H,19,20). The second-order valence-corrected chi connectivity index (χ2v) is 26.9. The molecule has 1 unspecified atom stereocenters. The number of rotatable bonds is 64. The predicted octanol–water partition coefficient (Wildman–Crippen LogP) is 23.7. The summed E-state index contributed by atoms with van der Waals surface area (Å²) in [5.41, 5.74) is 0. The molecule has 0 aliphatic rings. The molecule has 0 aliphatic heterocycles. The summed E-state index contributed by atoms with van der Waals surface area (Å²) in [6, 6.07) is 0. The van der Waals surface area contributed by atoms with Crippen LogP contribution in [-0.4, -0.2) is 68.7 Å². The quantitative estimate of drug-likeness (QED) is 0.0291. The average Bonchev–Trinajstić information content (AvgIpc) is 3.45. The van der Waals surface area contributed by atoms with E-state index in [1.807, 2.05) is 0 Å². The maximum atomic E-state index is 11.4. The number of aliphatic hydroxyl groups excluding tert-OH is 2. The number of hydrogen-bond donors (Lipinski definition) is 5. The molecule has 0 aromatic heterocycles. The van der Waals surface area contributed by atoms with E-state index in [1.54, 1.807) is 0 Å². The van der Waals surface area contributed by atoms with Gasteiger partial charge in [0, 0.05) is 25.7 Å². The third-order valence-corrected chi connectivity index (χ3v) is 16.4. The van der Waals surface area contributed by atoms with Crippen LogP contribution in [0.5, 0.6) is 0 Å². The van der Waals surface area contributed by atoms with Gasteiger partial charge in [-0.2, -0.15) is 0 Å². The summed E-state index contributed by atoms with van der Waals surface area (Å²) in [5, 5.41) is 43.3. The molecule has 0 saturated heterocycles. The summed E-state index contributed by atoms with van der Waals surface area (Å²) in [5.74, 6) is 0.360. The molecule has 0 aromatic rings. The summed E-state index contributed by atoms with van der Waals surface area (Å²) >= 11 is 0. The highest BCUT2D eigenvalue weighted by molar-refractivity contribution is 5.69. The maximum absolute atomic E-state index is 11.4. The molecule has 0 heterocycles. The van der Waals surface area contributed by atoms with Gasteiger partial charge in [0.1, 0.15) is 12.7 Å². The van der Waals surface area contributed by atoms with Gasteiger partial charge in [0.05, 0.1) is 6.61 Å². The third-order valence-electron chi connectivity index (χ3n) is 16.4. The van der Waals surface area contributed by atoms with Crippen LogP contribution in [0.4, 0.5) is 0 Å². The van der Waals surface area contributed by atoms with E-state index in [4.69, 9.17) is 30.3 Å². The molecule has 0 rings (SSSR count). The first-order valence-electron chi connectivity index (χ1n) is 37.2. The molecule has 0 saturated carbocycles. The summed E-state index contributed by atoms with van der Waals surface area (Å²) < 4.78 is 4.86. The number of carbonyl (C=O) groups excluding carboxylic acids is 1. The number of aliphatic carboxylic acids is 3. The number of aliphatic hydroxyl groups is 2. The van der Waals surface area contributed by atoms with Crippen molar-refractivity contribution in [3.8, 4) is 0 Å². The largest absolute Gasteiger partial charge is 0.481 e. The molecule has 0 aromatic carbocycles. The van der Waals surface area contributed by atoms with Crippen molar-refractivity contribution in [1.29, 1.82) is 0 Å². The minimum atomic E-state index is -0.954. The molecule has 0 spiro atoms. The summed E-state index contributed by atoms with van der Waals surface area (Å²) in [4.78, 5) is 42.4. The van der Waals surface area contributed by atoms with Crippen LogP contribution in [0, 0.1) is 17.8 Å². The van der Waals surface area contributed by atoms with Crippen molar-refractivity contribution in [1.82, 2.24) is 0 Å². The van der Waals surface area contributed by atoms with E-state index in [9.17, 15) is 19.2 Å². The van der Waals surface area contributed by atoms with Crippen LogP contribution in [0.3, 0.4) is 0 Å². The number of hydrogen-bond acceptors (Lipinski definition) is 7. The summed E-state index contributed by atoms with van der Waals surface area (Å²) in [7, 11) is 0. The molecule has 85 heavy (non-hydrogen) atoms. The SMILES string of the molecule is CC(C)CCCCCCCCCCCCCCC(=O)O.CC(C)CCCCCCCCCCCCCCC(=O)O.CC(C)CCCCCCCCCCCCCCC(=O)O.CCCCCCCCCCCCCCCCCC(=O)OCC(O)CO. The Morgan fingerprint density at radius 2 is 0.459 bits per heavy atom. The zero-order chi connectivity index (χ0) is 63.8. The van der Waals surface area contributed by atoms with E-state index in [1.165, 1.54) is 295 Å². The fourth-order valence-electron chi connectivity index (χ4n) is 10.7. The van der Waals surface area contributed by atoms with Crippen LogP contribution in [-0.2, 0) is 23.9 Å². The topological polar surface area (TPSA) is 179 Å². The molecule has 0 bridgehead atoms. The molecule has 0 fully saturated rings. The normalized spacial score (nSPS) is 11.5. The average molecular weight is 1210 g/mol. The fraction of sp³-hybridized carbons (Fsp3) is 0.947. The van der Waals surface area contributed by atoms with Gasteiger partial charge in [0.15, 0.2) is 0 Å². The fourth-order valence-corrected chi connectivity index (χ4v) is 10.7. The van der Waals surface area contributed by atoms with Crippen LogP contribution in [0.25, 0.3) is 0 Å². The highest BCUT2D eigenvalue weighted by Gasteiger charge is 2.08. The van der Waals surface area contributed by atoms with E-state index < -0.39 is 24.0 Å². The zero-order valence-electron chi connectivity index (χ0n) is 58.0. The van der Waals surface area contributed by atoms with Crippen molar-refractivity contribution in [2.75, 3.05) is 13.2 Å². The van der Waals surface area contributed by atoms with E-state index in [2.05, 4.69) is 48.5 Å². The van der Waals surface area contributed by atoms with Crippen LogP contribution in [0.15, 0.2) is 0 Å². The van der Waals surface area contributed by atoms with Crippen LogP contribution in [0.1, 0.15) is 421 Å². The summed E-state index contributed by atoms with van der Waals surface area (Å²) in [6.07, 6.45) is 71.0. The maximum Gasteiger partial charge on any atom is 0.305 e. The van der Waals surface area contributed by atoms with Crippen molar-refractivity contribution >= 4 is 23.9 Å². The summed E-state index contributed by atoms with van der Waals surface area (Å²) in [6.45, 7) is 15.6. The lowest BCUT2D eigenvalue weighted by Gasteiger charge is -2.08. The first-order valence-corrected chi connectivity index (χ1v) is 37.2. The van der Waals surface area contributed by atoms with Gasteiger partial charge in [0.25, 0.3) is 0 Å². The number of carboxylic acid groups (broad SMARTS) is 3. The van der Waals surface area contributed by atoms with Gasteiger partial charge in [0.2, 0.25) is 0 Å². The highest BCUT2D eigenvalue weighted by atomic mass is 16.5. The second kappa shape index (κ2) is 77.9. The lowest BCUT2D eigenvalue weighted by atomic mass is 10.0. The van der Waals surface area contributed by atoms with Crippen molar-refractivity contribution < 1.29 is 49.4 Å². The Balaban J connectivity index is -0.000000517. The van der Waals surface area contributed by atoms with Gasteiger partial charge in [-0.3, -0.25) is 19.2 Å². The third kappa shape index (κ3) is 98.3. The number of esters is 1. The molecular formula is C75H150O10. The smallest absolute Gasteiger partial charge is 0.305 e. The van der Waals surface area contributed by atoms with Crippen LogP contribution in [0.2, 0.25) is 0 Å². The Bertz CT molecular complexity index is 1190. The van der Waals surface area contributed by atoms with Gasteiger partial charge in [-0.1, -0.05) is 370 Å². The molecule has 10 nitrogen and oxygen atoms in total. The van der Waals surface area contributed by atoms with Crippen LogP contribution < -0.4 is 0 Å². The first kappa shape index (κ1) is 89.2. The van der Waals surface area contributed by atoms with Gasteiger partial charge in [-0.25, -0.2) is 0 Å². The van der Waals surface area contributed by atoms with Crippen molar-refractivity contribution in [3.63, 3.8) is 0 Å². The highest BCUT2D eigenvalue weighted by Crippen LogP contribution is 2.19. The van der Waals surface area contributed by atoms with Gasteiger partial charge < -0.3 is 30.3 Å². The van der Waals surface area contributed by atoms with Crippen molar-refractivity contribution in [3.05, 3.63) is 0 Å². The lowest BCUT2D eigenvalue weighted by molar-refractivity contribution is -0.147. The first-order chi connectivity index (χ1) is 41.1. The van der Waals surface area contributed by atoms with E-state index >= 15 is 0 Å². The molecular weight excluding hydrogens is 1060 g/mol. The van der Waals surface area contributed by atoms with Gasteiger partial charge in [-0.15, -0.1) is 0 Å². The minimum absolute atomic E-state index is 0.103. The predicted molar refractivity (Wildman–Crippen MR) is 365 cm³/mol. The van der Waals surface area contributed by atoms with Crippen LogP contribution >= 0.6 is 0 Å². The van der Waals surface area contributed by atoms with Crippen molar-refractivity contribution in [2.24, 2.45) is 17.8 Å². The van der Waals surface area contributed by atoms with E-state index in [0.29, 0.717) is 25.7 Å². The molecule has 10 heteroatoms. The molecule has 510 valence electrons. The monoisotopic (exact) mass is 1210 g/mol. The number of ether oxygens (including phenoxy) is 1. The molecule has 1 atom stereocenters. The number of unbranched alkanes of at least 4 members (excludes halogenated alkanes) is 47. The van der Waals surface area contributed by atoms with Gasteiger partial charge in [-0.05, 0) is 43.4 Å². The number of carboxylic acids is 3. The zero-order valence-corrected chi connectivity index (χ0v) is 58.0. The Labute approximate surface area is 528 Å². The van der Waals surface area contributed by atoms with Crippen molar-refractivity contribution in [2.45, 2.75) is 427 Å². The second-order valence-electron chi connectivity index (χ2n) is 26.9. The molecule has 0 radical (unpaired) electrons. The number of carbonyl (C=O) groups is 4. The van der Waals surface area contributed by atoms with E-state index in [0.717, 1.165) is 69.1 Å². The molecule has 5 N–H and O–H groups in total.